The van der Waals surface area contributed by atoms with Crippen molar-refractivity contribution in [1.82, 2.24) is 14.9 Å². The van der Waals surface area contributed by atoms with Crippen LogP contribution in [0.5, 0.6) is 0 Å². The summed E-state index contributed by atoms with van der Waals surface area (Å²) in [5.74, 6) is 0.0125. The molecule has 2 aliphatic rings. The van der Waals surface area contributed by atoms with E-state index in [1.54, 1.807) is 30.3 Å². The molecule has 0 bridgehead atoms. The third-order valence-electron chi connectivity index (χ3n) is 6.58. The van der Waals surface area contributed by atoms with E-state index in [1.807, 2.05) is 6.92 Å². The highest BCUT2D eigenvalue weighted by atomic mass is 32.2. The zero-order valence-corrected chi connectivity index (χ0v) is 19.5. The predicted octanol–water partition coefficient (Wildman–Crippen LogP) is 3.19. The van der Waals surface area contributed by atoms with E-state index in [2.05, 4.69) is 33.1 Å². The number of benzene rings is 2. The van der Waals surface area contributed by atoms with Gasteiger partial charge in [-0.3, -0.25) is 9.69 Å². The summed E-state index contributed by atoms with van der Waals surface area (Å²) >= 11 is 0. The fourth-order valence-corrected chi connectivity index (χ4v) is 6.02. The first-order valence-electron chi connectivity index (χ1n) is 11.6. The average Bonchev–Trinajstić information content (AvgIpc) is 2.80. The van der Waals surface area contributed by atoms with Gasteiger partial charge in [0.05, 0.1) is 17.5 Å². The number of hydrogen-bond acceptors (Lipinski definition) is 4. The van der Waals surface area contributed by atoms with Crippen LogP contribution in [-0.4, -0.2) is 44.9 Å². The van der Waals surface area contributed by atoms with Crippen molar-refractivity contribution in [3.8, 4) is 0 Å². The zero-order valence-electron chi connectivity index (χ0n) is 18.7. The first-order chi connectivity index (χ1) is 15.4. The number of piperidine rings is 1. The Hall–Kier alpha value is -2.22. The van der Waals surface area contributed by atoms with Gasteiger partial charge < -0.3 is 5.32 Å². The van der Waals surface area contributed by atoms with Crippen LogP contribution in [0.2, 0.25) is 0 Å². The Labute approximate surface area is 191 Å². The first-order valence-corrected chi connectivity index (χ1v) is 13.1. The van der Waals surface area contributed by atoms with Crippen LogP contribution in [0.4, 0.5) is 0 Å². The Kier molecular flexibility index (Phi) is 7.28. The second-order valence-electron chi connectivity index (χ2n) is 9.01. The number of rotatable bonds is 7. The smallest absolute Gasteiger partial charge is 0.240 e. The molecule has 0 aromatic heterocycles. The first kappa shape index (κ1) is 23.0. The Balaban J connectivity index is 1.24. The quantitative estimate of drug-likeness (QED) is 0.672. The molecular formula is C25H33N3O3S. The molecule has 1 saturated heterocycles. The molecule has 7 heteroatoms. The van der Waals surface area contributed by atoms with Crippen molar-refractivity contribution < 1.29 is 13.2 Å². The molecule has 172 valence electrons. The van der Waals surface area contributed by atoms with Gasteiger partial charge in [0.2, 0.25) is 15.9 Å². The van der Waals surface area contributed by atoms with Crippen LogP contribution < -0.4 is 10.0 Å². The van der Waals surface area contributed by atoms with Crippen molar-refractivity contribution >= 4 is 15.9 Å². The minimum absolute atomic E-state index is 0.0125. The van der Waals surface area contributed by atoms with E-state index < -0.39 is 10.0 Å². The highest BCUT2D eigenvalue weighted by molar-refractivity contribution is 7.89. The van der Waals surface area contributed by atoms with Gasteiger partial charge in [-0.2, -0.15) is 0 Å². The second-order valence-corrected chi connectivity index (χ2v) is 10.7. The highest BCUT2D eigenvalue weighted by Gasteiger charge is 2.25. The lowest BCUT2D eigenvalue weighted by molar-refractivity contribution is -0.123. The normalized spacial score (nSPS) is 18.7. The number of likely N-dealkylation sites (tertiary alicyclic amines) is 1. The molecule has 32 heavy (non-hydrogen) atoms. The lowest BCUT2D eigenvalue weighted by atomic mass is 9.89. The van der Waals surface area contributed by atoms with Gasteiger partial charge >= 0.3 is 0 Å². The van der Waals surface area contributed by atoms with Crippen molar-refractivity contribution in [3.05, 3.63) is 65.2 Å². The summed E-state index contributed by atoms with van der Waals surface area (Å²) in [6, 6.07) is 14.9. The van der Waals surface area contributed by atoms with Gasteiger partial charge in [-0.1, -0.05) is 36.4 Å². The van der Waals surface area contributed by atoms with E-state index in [-0.39, 0.29) is 22.9 Å². The van der Waals surface area contributed by atoms with E-state index in [4.69, 9.17) is 0 Å². The fraction of sp³-hybridized carbons (Fsp3) is 0.480. The molecule has 1 fully saturated rings. The monoisotopic (exact) mass is 455 g/mol. The number of sulfonamides is 1. The van der Waals surface area contributed by atoms with Gasteiger partial charge in [-0.25, -0.2) is 13.1 Å². The van der Waals surface area contributed by atoms with Crippen molar-refractivity contribution in [2.75, 3.05) is 19.6 Å². The highest BCUT2D eigenvalue weighted by Crippen LogP contribution is 2.25. The van der Waals surface area contributed by atoms with Gasteiger partial charge in [-0.05, 0) is 74.3 Å². The summed E-state index contributed by atoms with van der Waals surface area (Å²) in [7, 11) is -3.50. The maximum absolute atomic E-state index is 12.6. The summed E-state index contributed by atoms with van der Waals surface area (Å²) < 4.78 is 27.8. The molecular weight excluding hydrogens is 422 g/mol. The average molecular weight is 456 g/mol. The van der Waals surface area contributed by atoms with Crippen molar-refractivity contribution in [3.63, 3.8) is 0 Å². The number of amides is 1. The van der Waals surface area contributed by atoms with Crippen molar-refractivity contribution in [1.29, 1.82) is 0 Å². The SMILES string of the molecule is CC(NC(=O)CN1CCC(NS(=O)(=O)c2ccccc2)CC1)c1ccc2c(c1)CCCC2. The Bertz CT molecular complexity index is 1030. The van der Waals surface area contributed by atoms with E-state index in [9.17, 15) is 13.2 Å². The minimum Gasteiger partial charge on any atom is -0.348 e. The molecule has 0 spiro atoms. The number of carbonyl (C=O) groups is 1. The van der Waals surface area contributed by atoms with Gasteiger partial charge in [0.25, 0.3) is 0 Å². The summed E-state index contributed by atoms with van der Waals surface area (Å²) in [5.41, 5.74) is 4.03. The maximum atomic E-state index is 12.6. The molecule has 2 aromatic carbocycles. The minimum atomic E-state index is -3.50. The molecule has 6 nitrogen and oxygen atoms in total. The molecule has 1 aliphatic carbocycles. The van der Waals surface area contributed by atoms with Gasteiger partial charge in [0.15, 0.2) is 0 Å². The van der Waals surface area contributed by atoms with Crippen LogP contribution in [0, 0.1) is 0 Å². The number of hydrogen-bond donors (Lipinski definition) is 2. The van der Waals surface area contributed by atoms with Crippen LogP contribution >= 0.6 is 0 Å². The number of fused-ring (bicyclic) bond motifs is 1. The van der Waals surface area contributed by atoms with Crippen LogP contribution in [0.15, 0.2) is 53.4 Å². The molecule has 1 unspecified atom stereocenters. The van der Waals surface area contributed by atoms with E-state index >= 15 is 0 Å². The third kappa shape index (κ3) is 5.77. The number of aryl methyl sites for hydroxylation is 2. The Morgan fingerprint density at radius 2 is 1.72 bits per heavy atom. The number of nitrogens with zero attached hydrogens (tertiary/aromatic N) is 1. The Morgan fingerprint density at radius 3 is 2.44 bits per heavy atom. The molecule has 1 amide bonds. The van der Waals surface area contributed by atoms with Crippen LogP contribution in [0.25, 0.3) is 0 Å². The molecule has 4 rings (SSSR count). The number of nitrogens with one attached hydrogen (secondary N) is 2. The molecule has 2 N–H and O–H groups in total. The van der Waals surface area contributed by atoms with Crippen molar-refractivity contribution in [2.45, 2.75) is 62.4 Å². The molecule has 1 atom stereocenters. The zero-order chi connectivity index (χ0) is 22.6. The lowest BCUT2D eigenvalue weighted by Gasteiger charge is -2.32. The largest absolute Gasteiger partial charge is 0.348 e. The third-order valence-corrected chi connectivity index (χ3v) is 8.12. The topological polar surface area (TPSA) is 78.5 Å². The van der Waals surface area contributed by atoms with Gasteiger partial charge in [0, 0.05) is 19.1 Å². The second kappa shape index (κ2) is 10.1. The standard InChI is InChI=1S/C25H33N3O3S/c1-19(21-12-11-20-7-5-6-8-22(20)17-21)26-25(29)18-28-15-13-23(14-16-28)27-32(30,31)24-9-3-2-4-10-24/h2-4,9-12,17,19,23,27H,5-8,13-16,18H2,1H3,(H,26,29). The fourth-order valence-electron chi connectivity index (χ4n) is 4.69. The summed E-state index contributed by atoms with van der Waals surface area (Å²) in [6.45, 7) is 3.77. The summed E-state index contributed by atoms with van der Waals surface area (Å²) in [5, 5.41) is 3.13. The van der Waals surface area contributed by atoms with Crippen LogP contribution in [0.3, 0.4) is 0 Å². The van der Waals surface area contributed by atoms with Gasteiger partial charge in [-0.15, -0.1) is 0 Å². The van der Waals surface area contributed by atoms with E-state index in [0.717, 1.165) is 18.4 Å². The molecule has 2 aromatic rings. The molecule has 1 heterocycles. The maximum Gasteiger partial charge on any atom is 0.240 e. The van der Waals surface area contributed by atoms with E-state index in [1.165, 1.54) is 24.0 Å². The molecule has 0 radical (unpaired) electrons. The molecule has 1 aliphatic heterocycles. The summed E-state index contributed by atoms with van der Waals surface area (Å²) in [4.78, 5) is 15.0. The Morgan fingerprint density at radius 1 is 1.03 bits per heavy atom. The van der Waals surface area contributed by atoms with Crippen LogP contribution in [0.1, 0.15) is 55.3 Å². The van der Waals surface area contributed by atoms with Crippen LogP contribution in [-0.2, 0) is 27.7 Å². The number of carbonyl (C=O) groups excluding carboxylic acids is 1. The predicted molar refractivity (Wildman–Crippen MR) is 126 cm³/mol. The van der Waals surface area contributed by atoms with E-state index in [0.29, 0.717) is 32.5 Å². The van der Waals surface area contributed by atoms with Gasteiger partial charge in [0.1, 0.15) is 0 Å². The van der Waals surface area contributed by atoms with Crippen molar-refractivity contribution in [2.24, 2.45) is 0 Å². The summed E-state index contributed by atoms with van der Waals surface area (Å²) in [6.07, 6.45) is 6.19. The lowest BCUT2D eigenvalue weighted by Crippen LogP contribution is -2.47. The molecule has 0 saturated carbocycles.